The number of fused-ring (bicyclic) bond motifs is 1. The van der Waals surface area contributed by atoms with Crippen LogP contribution in [0.2, 0.25) is 0 Å². The van der Waals surface area contributed by atoms with Crippen molar-refractivity contribution >= 4 is 21.6 Å². The highest BCUT2D eigenvalue weighted by atomic mass is 32.1. The van der Waals surface area contributed by atoms with E-state index in [1.807, 2.05) is 23.6 Å². The molecule has 0 aliphatic rings. The van der Waals surface area contributed by atoms with Crippen LogP contribution in [0.25, 0.3) is 10.2 Å². The zero-order valence-corrected chi connectivity index (χ0v) is 11.3. The molecule has 96 valence electrons. The minimum Gasteiger partial charge on any atom is -0.376 e. The highest BCUT2D eigenvalue weighted by molar-refractivity contribution is 7.16. The van der Waals surface area contributed by atoms with E-state index < -0.39 is 0 Å². The van der Waals surface area contributed by atoms with Gasteiger partial charge in [0, 0.05) is 11.8 Å². The highest BCUT2D eigenvalue weighted by Gasteiger charge is 2.04. The monoisotopic (exact) mass is 270 g/mol. The molecule has 0 spiro atoms. The van der Waals surface area contributed by atoms with E-state index in [1.54, 1.807) is 17.7 Å². The van der Waals surface area contributed by atoms with Gasteiger partial charge in [-0.05, 0) is 17.0 Å². The maximum Gasteiger partial charge on any atom is 0.126 e. The number of rotatable bonds is 5. The van der Waals surface area contributed by atoms with Crippen molar-refractivity contribution < 1.29 is 4.74 Å². The molecule has 2 heterocycles. The van der Waals surface area contributed by atoms with E-state index >= 15 is 0 Å². The summed E-state index contributed by atoms with van der Waals surface area (Å²) in [6.07, 6.45) is 2.45. The van der Waals surface area contributed by atoms with Crippen LogP contribution in [-0.4, -0.2) is 16.6 Å². The normalized spacial score (nSPS) is 10.9. The number of ether oxygens (including phenoxy) is 1. The Bertz CT molecular complexity index is 651. The van der Waals surface area contributed by atoms with Gasteiger partial charge in [-0.15, -0.1) is 11.3 Å². The summed E-state index contributed by atoms with van der Waals surface area (Å²) < 4.78 is 5.69. The number of benzene rings is 1. The molecule has 0 unspecified atom stereocenters. The summed E-state index contributed by atoms with van der Waals surface area (Å²) in [6, 6.07) is 12.3. The van der Waals surface area contributed by atoms with Gasteiger partial charge in [0.25, 0.3) is 0 Å². The molecule has 0 N–H and O–H groups in total. The molecule has 0 fully saturated rings. The second-order valence-corrected chi connectivity index (χ2v) is 5.14. The molecule has 0 radical (unpaired) electrons. The number of aromatic nitrogens is 2. The fourth-order valence-corrected chi connectivity index (χ4v) is 2.73. The minimum absolute atomic E-state index is 0.651. The lowest BCUT2D eigenvalue weighted by Crippen LogP contribution is -2.01. The standard InChI is InChI=1S/C15H14N2OS/c1-2-4-12(5-3-1)10-18-8-6-14-13-7-9-19-15(13)17-11-16-14/h1-5,7,9,11H,6,8,10H2. The summed E-state index contributed by atoms with van der Waals surface area (Å²) in [6.45, 7) is 1.33. The molecule has 0 amide bonds. The van der Waals surface area contributed by atoms with E-state index in [2.05, 4.69) is 28.2 Å². The Morgan fingerprint density at radius 1 is 1.05 bits per heavy atom. The molecule has 3 nitrogen and oxygen atoms in total. The van der Waals surface area contributed by atoms with Gasteiger partial charge < -0.3 is 4.74 Å². The molecule has 0 aliphatic heterocycles. The SMILES string of the molecule is c1ccc(COCCc2ncnc3sccc23)cc1. The van der Waals surface area contributed by atoms with Gasteiger partial charge in [-0.25, -0.2) is 9.97 Å². The van der Waals surface area contributed by atoms with E-state index in [1.165, 1.54) is 5.56 Å². The Balaban J connectivity index is 1.57. The van der Waals surface area contributed by atoms with Crippen molar-refractivity contribution in [2.45, 2.75) is 13.0 Å². The topological polar surface area (TPSA) is 35.0 Å². The van der Waals surface area contributed by atoms with Gasteiger partial charge in [-0.1, -0.05) is 30.3 Å². The molecule has 0 saturated carbocycles. The van der Waals surface area contributed by atoms with Crippen molar-refractivity contribution in [1.82, 2.24) is 9.97 Å². The lowest BCUT2D eigenvalue weighted by Gasteiger charge is -2.04. The van der Waals surface area contributed by atoms with E-state index in [-0.39, 0.29) is 0 Å². The third-order valence-electron chi connectivity index (χ3n) is 2.94. The van der Waals surface area contributed by atoms with Crippen LogP contribution in [0.1, 0.15) is 11.3 Å². The number of thiophene rings is 1. The van der Waals surface area contributed by atoms with E-state index in [0.717, 1.165) is 22.3 Å². The van der Waals surface area contributed by atoms with Crippen LogP contribution in [0.4, 0.5) is 0 Å². The second-order valence-electron chi connectivity index (χ2n) is 4.25. The lowest BCUT2D eigenvalue weighted by molar-refractivity contribution is 0.123. The fraction of sp³-hybridized carbons (Fsp3) is 0.200. The van der Waals surface area contributed by atoms with Crippen molar-refractivity contribution in [1.29, 1.82) is 0 Å². The van der Waals surface area contributed by atoms with Crippen molar-refractivity contribution in [2.24, 2.45) is 0 Å². The zero-order valence-electron chi connectivity index (χ0n) is 10.5. The molecule has 0 atom stereocenters. The highest BCUT2D eigenvalue weighted by Crippen LogP contribution is 2.20. The molecule has 3 rings (SSSR count). The molecule has 1 aromatic carbocycles. The van der Waals surface area contributed by atoms with Crippen LogP contribution >= 0.6 is 11.3 Å². The molecule has 4 heteroatoms. The predicted octanol–water partition coefficient (Wildman–Crippen LogP) is 3.45. The summed E-state index contributed by atoms with van der Waals surface area (Å²) in [5, 5.41) is 3.20. The van der Waals surface area contributed by atoms with Crippen LogP contribution in [0, 0.1) is 0 Å². The summed E-state index contributed by atoms with van der Waals surface area (Å²) in [5.74, 6) is 0. The molecule has 0 bridgehead atoms. The summed E-state index contributed by atoms with van der Waals surface area (Å²) in [7, 11) is 0. The Kier molecular flexibility index (Phi) is 3.81. The smallest absolute Gasteiger partial charge is 0.126 e. The van der Waals surface area contributed by atoms with Gasteiger partial charge in [0.1, 0.15) is 11.2 Å². The van der Waals surface area contributed by atoms with E-state index in [4.69, 9.17) is 4.74 Å². The second kappa shape index (κ2) is 5.91. The Morgan fingerprint density at radius 3 is 2.84 bits per heavy atom. The first kappa shape index (κ1) is 12.3. The number of hydrogen-bond acceptors (Lipinski definition) is 4. The van der Waals surface area contributed by atoms with Crippen LogP contribution in [0.3, 0.4) is 0 Å². The molecule has 0 aliphatic carbocycles. The van der Waals surface area contributed by atoms with Gasteiger partial charge in [0.05, 0.1) is 18.9 Å². The van der Waals surface area contributed by atoms with Crippen LogP contribution in [0.15, 0.2) is 48.1 Å². The maximum absolute atomic E-state index is 5.69. The van der Waals surface area contributed by atoms with Gasteiger partial charge in [0.15, 0.2) is 0 Å². The summed E-state index contributed by atoms with van der Waals surface area (Å²) in [4.78, 5) is 9.63. The van der Waals surface area contributed by atoms with Crippen molar-refractivity contribution in [3.63, 3.8) is 0 Å². The van der Waals surface area contributed by atoms with Crippen LogP contribution < -0.4 is 0 Å². The number of hydrogen-bond donors (Lipinski definition) is 0. The van der Waals surface area contributed by atoms with Crippen LogP contribution in [-0.2, 0) is 17.8 Å². The van der Waals surface area contributed by atoms with Crippen molar-refractivity contribution in [2.75, 3.05) is 6.61 Å². The first-order valence-electron chi connectivity index (χ1n) is 6.22. The Hall–Kier alpha value is -1.78. The molecule has 2 aromatic heterocycles. The largest absolute Gasteiger partial charge is 0.376 e. The molecule has 19 heavy (non-hydrogen) atoms. The maximum atomic E-state index is 5.69. The first-order chi connectivity index (χ1) is 9.43. The zero-order chi connectivity index (χ0) is 12.9. The van der Waals surface area contributed by atoms with Gasteiger partial charge in [-0.3, -0.25) is 0 Å². The summed E-state index contributed by atoms with van der Waals surface area (Å²) in [5.41, 5.74) is 2.27. The minimum atomic E-state index is 0.651. The quantitative estimate of drug-likeness (QED) is 0.666. The first-order valence-corrected chi connectivity index (χ1v) is 7.10. The molecule has 3 aromatic rings. The fourth-order valence-electron chi connectivity index (χ4n) is 1.97. The third kappa shape index (κ3) is 2.97. The van der Waals surface area contributed by atoms with Crippen molar-refractivity contribution in [3.05, 3.63) is 59.4 Å². The number of nitrogens with zero attached hydrogens (tertiary/aromatic N) is 2. The van der Waals surface area contributed by atoms with Crippen molar-refractivity contribution in [3.8, 4) is 0 Å². The van der Waals surface area contributed by atoms with Gasteiger partial charge in [-0.2, -0.15) is 0 Å². The third-order valence-corrected chi connectivity index (χ3v) is 3.76. The van der Waals surface area contributed by atoms with Gasteiger partial charge in [0.2, 0.25) is 0 Å². The Labute approximate surface area is 115 Å². The van der Waals surface area contributed by atoms with Crippen LogP contribution in [0.5, 0.6) is 0 Å². The molecular formula is C15H14N2OS. The summed E-state index contributed by atoms with van der Waals surface area (Å²) >= 11 is 1.65. The van der Waals surface area contributed by atoms with E-state index in [9.17, 15) is 0 Å². The predicted molar refractivity (Wildman–Crippen MR) is 77.2 cm³/mol. The Morgan fingerprint density at radius 2 is 1.95 bits per heavy atom. The average molecular weight is 270 g/mol. The lowest BCUT2D eigenvalue weighted by atomic mass is 10.2. The molecular weight excluding hydrogens is 256 g/mol. The molecule has 0 saturated heterocycles. The average Bonchev–Trinajstić information content (AvgIpc) is 2.94. The van der Waals surface area contributed by atoms with E-state index in [0.29, 0.717) is 13.2 Å². The van der Waals surface area contributed by atoms with Gasteiger partial charge >= 0.3 is 0 Å².